The maximum absolute atomic E-state index is 5.77. The van der Waals surface area contributed by atoms with Gasteiger partial charge in [0.1, 0.15) is 10.7 Å². The van der Waals surface area contributed by atoms with Gasteiger partial charge in [0, 0.05) is 19.6 Å². The summed E-state index contributed by atoms with van der Waals surface area (Å²) in [6.45, 7) is 4.44. The predicted octanol–water partition coefficient (Wildman–Crippen LogP) is 1.71. The van der Waals surface area contributed by atoms with E-state index in [1.165, 1.54) is 25.1 Å². The molecule has 1 heterocycles. The van der Waals surface area contributed by atoms with Crippen LogP contribution < -0.4 is 10.5 Å². The van der Waals surface area contributed by atoms with Crippen LogP contribution in [0.1, 0.15) is 17.5 Å². The summed E-state index contributed by atoms with van der Waals surface area (Å²) < 4.78 is 5.30. The van der Waals surface area contributed by atoms with Crippen LogP contribution in [0.15, 0.2) is 18.2 Å². The number of likely N-dealkylation sites (tertiary alicyclic amines) is 1. The van der Waals surface area contributed by atoms with Crippen LogP contribution in [-0.2, 0) is 6.54 Å². The minimum absolute atomic E-state index is 0.383. The Morgan fingerprint density at radius 3 is 2.86 bits per heavy atom. The van der Waals surface area contributed by atoms with Gasteiger partial charge in [-0.3, -0.25) is 0 Å². The van der Waals surface area contributed by atoms with E-state index in [0.29, 0.717) is 4.99 Å². The van der Waals surface area contributed by atoms with Crippen molar-refractivity contribution >= 4 is 17.2 Å². The second kappa shape index (κ2) is 7.20. The third-order valence-corrected chi connectivity index (χ3v) is 4.26. The molecule has 1 atom stereocenters. The Bertz CT molecular complexity index is 506. The Labute approximate surface area is 132 Å². The van der Waals surface area contributed by atoms with Gasteiger partial charge in [0.25, 0.3) is 0 Å². The van der Waals surface area contributed by atoms with E-state index in [9.17, 15) is 0 Å². The van der Waals surface area contributed by atoms with E-state index in [1.807, 2.05) is 12.1 Å². The SMILES string of the molecule is COc1ccc(CN(C)CC2CCN(C)C2)cc1C(N)=S. The van der Waals surface area contributed by atoms with Crippen LogP contribution in [0.5, 0.6) is 5.75 Å². The molecule has 1 unspecified atom stereocenters. The highest BCUT2D eigenvalue weighted by atomic mass is 32.1. The van der Waals surface area contributed by atoms with Crippen molar-refractivity contribution in [2.75, 3.05) is 40.8 Å². The molecule has 0 spiro atoms. The third-order valence-electron chi connectivity index (χ3n) is 4.04. The second-order valence-corrected chi connectivity index (χ2v) is 6.45. The minimum atomic E-state index is 0.383. The number of nitrogens with two attached hydrogens (primary N) is 1. The molecule has 2 N–H and O–H groups in total. The van der Waals surface area contributed by atoms with Gasteiger partial charge in [0.2, 0.25) is 0 Å². The fourth-order valence-electron chi connectivity index (χ4n) is 3.04. The molecule has 116 valence electrons. The van der Waals surface area contributed by atoms with Gasteiger partial charge in [-0.1, -0.05) is 18.3 Å². The summed E-state index contributed by atoms with van der Waals surface area (Å²) >= 11 is 5.10. The molecule has 0 bridgehead atoms. The molecule has 1 aliphatic heterocycles. The van der Waals surface area contributed by atoms with E-state index in [-0.39, 0.29) is 0 Å². The first kappa shape index (κ1) is 16.2. The van der Waals surface area contributed by atoms with Crippen molar-refractivity contribution in [3.05, 3.63) is 29.3 Å². The Morgan fingerprint density at radius 2 is 2.29 bits per heavy atom. The Balaban J connectivity index is 1.98. The van der Waals surface area contributed by atoms with Gasteiger partial charge in [0.05, 0.1) is 12.7 Å². The van der Waals surface area contributed by atoms with Crippen LogP contribution in [-0.4, -0.2) is 55.6 Å². The zero-order chi connectivity index (χ0) is 15.4. The summed E-state index contributed by atoms with van der Waals surface area (Å²) in [5.41, 5.74) is 7.80. The van der Waals surface area contributed by atoms with Gasteiger partial charge < -0.3 is 20.3 Å². The highest BCUT2D eigenvalue weighted by molar-refractivity contribution is 7.80. The van der Waals surface area contributed by atoms with Crippen molar-refractivity contribution < 1.29 is 4.74 Å². The van der Waals surface area contributed by atoms with Gasteiger partial charge in [-0.05, 0) is 50.7 Å². The molecule has 0 amide bonds. The van der Waals surface area contributed by atoms with Crippen LogP contribution in [0.2, 0.25) is 0 Å². The Hall–Kier alpha value is -1.17. The van der Waals surface area contributed by atoms with Crippen LogP contribution in [0.25, 0.3) is 0 Å². The lowest BCUT2D eigenvalue weighted by atomic mass is 10.1. The lowest BCUT2D eigenvalue weighted by Crippen LogP contribution is -2.27. The molecule has 1 aromatic rings. The molecule has 5 heteroatoms. The predicted molar refractivity (Wildman–Crippen MR) is 90.8 cm³/mol. The average Bonchev–Trinajstić information content (AvgIpc) is 2.83. The molecular formula is C16H25N3OS. The second-order valence-electron chi connectivity index (χ2n) is 6.01. The monoisotopic (exact) mass is 307 g/mol. The number of rotatable bonds is 6. The summed E-state index contributed by atoms with van der Waals surface area (Å²) in [5, 5.41) is 0. The number of hydrogen-bond donors (Lipinski definition) is 1. The third kappa shape index (κ3) is 4.40. The quantitative estimate of drug-likeness (QED) is 0.811. The van der Waals surface area contributed by atoms with Crippen molar-refractivity contribution in [3.8, 4) is 5.75 Å². The van der Waals surface area contributed by atoms with E-state index in [2.05, 4.69) is 30.0 Å². The van der Waals surface area contributed by atoms with E-state index < -0.39 is 0 Å². The Morgan fingerprint density at radius 1 is 1.52 bits per heavy atom. The highest BCUT2D eigenvalue weighted by Gasteiger charge is 2.20. The van der Waals surface area contributed by atoms with E-state index in [0.717, 1.165) is 30.3 Å². The fourth-order valence-corrected chi connectivity index (χ4v) is 3.20. The summed E-state index contributed by atoms with van der Waals surface area (Å²) in [7, 11) is 6.00. The minimum Gasteiger partial charge on any atom is -0.496 e. The van der Waals surface area contributed by atoms with Crippen molar-refractivity contribution in [2.45, 2.75) is 13.0 Å². The van der Waals surface area contributed by atoms with Crippen LogP contribution in [0.3, 0.4) is 0 Å². The van der Waals surface area contributed by atoms with Crippen molar-refractivity contribution in [1.82, 2.24) is 9.80 Å². The molecular weight excluding hydrogens is 282 g/mol. The summed E-state index contributed by atoms with van der Waals surface area (Å²) in [4.78, 5) is 5.15. The van der Waals surface area contributed by atoms with Gasteiger partial charge in [0.15, 0.2) is 0 Å². The van der Waals surface area contributed by atoms with Gasteiger partial charge in [-0.2, -0.15) is 0 Å². The highest BCUT2D eigenvalue weighted by Crippen LogP contribution is 2.21. The molecule has 1 aromatic carbocycles. The molecule has 4 nitrogen and oxygen atoms in total. The average molecular weight is 307 g/mol. The number of methoxy groups -OCH3 is 1. The zero-order valence-electron chi connectivity index (χ0n) is 13.1. The molecule has 0 aromatic heterocycles. The summed E-state index contributed by atoms with van der Waals surface area (Å²) in [6.07, 6.45) is 1.29. The zero-order valence-corrected chi connectivity index (χ0v) is 13.9. The van der Waals surface area contributed by atoms with Gasteiger partial charge in [-0.15, -0.1) is 0 Å². The molecule has 21 heavy (non-hydrogen) atoms. The number of thiocarbonyl (C=S) groups is 1. The normalized spacial score (nSPS) is 19.1. The lowest BCUT2D eigenvalue weighted by molar-refractivity contribution is 0.267. The number of benzene rings is 1. The summed E-state index contributed by atoms with van der Waals surface area (Å²) in [5.74, 6) is 1.51. The van der Waals surface area contributed by atoms with Crippen LogP contribution >= 0.6 is 12.2 Å². The van der Waals surface area contributed by atoms with Crippen molar-refractivity contribution in [1.29, 1.82) is 0 Å². The maximum atomic E-state index is 5.77. The topological polar surface area (TPSA) is 41.7 Å². The van der Waals surface area contributed by atoms with Crippen LogP contribution in [0.4, 0.5) is 0 Å². The van der Waals surface area contributed by atoms with Crippen LogP contribution in [0, 0.1) is 5.92 Å². The largest absolute Gasteiger partial charge is 0.496 e. The van der Waals surface area contributed by atoms with E-state index >= 15 is 0 Å². The molecule has 1 saturated heterocycles. The molecule has 1 fully saturated rings. The summed E-state index contributed by atoms with van der Waals surface area (Å²) in [6, 6.07) is 6.07. The molecule has 0 saturated carbocycles. The van der Waals surface area contributed by atoms with E-state index in [1.54, 1.807) is 7.11 Å². The molecule has 0 radical (unpaired) electrons. The lowest BCUT2D eigenvalue weighted by Gasteiger charge is -2.21. The first-order valence-electron chi connectivity index (χ1n) is 7.33. The number of hydrogen-bond acceptors (Lipinski definition) is 4. The number of ether oxygens (including phenoxy) is 1. The smallest absolute Gasteiger partial charge is 0.129 e. The van der Waals surface area contributed by atoms with Crippen molar-refractivity contribution in [3.63, 3.8) is 0 Å². The first-order chi connectivity index (χ1) is 9.99. The van der Waals surface area contributed by atoms with Gasteiger partial charge in [-0.25, -0.2) is 0 Å². The standard InChI is InChI=1S/C16H25N3OS/c1-18-7-6-13(10-18)11-19(2)9-12-4-5-15(20-3)14(8-12)16(17)21/h4-5,8,13H,6-7,9-11H2,1-3H3,(H2,17,21). The molecule has 0 aliphatic carbocycles. The Kier molecular flexibility index (Phi) is 5.56. The van der Waals surface area contributed by atoms with Crippen molar-refractivity contribution in [2.24, 2.45) is 11.7 Å². The van der Waals surface area contributed by atoms with E-state index in [4.69, 9.17) is 22.7 Å². The number of nitrogens with zero attached hydrogens (tertiary/aromatic N) is 2. The van der Waals surface area contributed by atoms with Gasteiger partial charge >= 0.3 is 0 Å². The fraction of sp³-hybridized carbons (Fsp3) is 0.562. The first-order valence-corrected chi connectivity index (χ1v) is 7.74. The maximum Gasteiger partial charge on any atom is 0.129 e. The molecule has 1 aliphatic rings. The molecule has 2 rings (SSSR count).